The van der Waals surface area contributed by atoms with E-state index in [0.717, 1.165) is 50.3 Å². The van der Waals surface area contributed by atoms with Crippen molar-refractivity contribution in [2.75, 3.05) is 46.9 Å². The number of carboxylic acid groups (broad SMARTS) is 1. The molecule has 6 nitrogen and oxygen atoms in total. The number of ether oxygens (including phenoxy) is 1. The Morgan fingerprint density at radius 1 is 1.28 bits per heavy atom. The Labute approximate surface area is 168 Å². The zero-order valence-electron chi connectivity index (χ0n) is 16.8. The molecular weight excluding hydrogens is 389 g/mol. The number of methoxy groups -OCH3 is 1. The maximum absolute atomic E-state index is 12.8. The minimum Gasteiger partial charge on any atom is -0.475 e. The van der Waals surface area contributed by atoms with Gasteiger partial charge >= 0.3 is 12.1 Å². The maximum atomic E-state index is 12.8. The summed E-state index contributed by atoms with van der Waals surface area (Å²) in [5.41, 5.74) is 2.11. The van der Waals surface area contributed by atoms with Crippen LogP contribution in [0.1, 0.15) is 22.3 Å². The number of nitrogens with zero attached hydrogens (tertiary/aromatic N) is 2. The van der Waals surface area contributed by atoms with Crippen LogP contribution in [0.4, 0.5) is 13.2 Å². The average Bonchev–Trinajstić information content (AvgIpc) is 3.19. The molecule has 2 heterocycles. The topological polar surface area (TPSA) is 70.1 Å². The van der Waals surface area contributed by atoms with Gasteiger partial charge in [-0.15, -0.1) is 0 Å². The first-order chi connectivity index (χ1) is 13.5. The molecule has 2 aliphatic heterocycles. The smallest absolute Gasteiger partial charge is 0.475 e. The molecule has 0 unspecified atom stereocenters. The van der Waals surface area contributed by atoms with Crippen LogP contribution in [0.15, 0.2) is 24.3 Å². The summed E-state index contributed by atoms with van der Waals surface area (Å²) in [7, 11) is 3.94. The van der Waals surface area contributed by atoms with Gasteiger partial charge in [0.15, 0.2) is 0 Å². The maximum Gasteiger partial charge on any atom is 0.490 e. The Bertz CT molecular complexity index is 741. The highest BCUT2D eigenvalue weighted by atomic mass is 19.4. The van der Waals surface area contributed by atoms with E-state index in [-0.39, 0.29) is 11.3 Å². The Balaban J connectivity index is 0.000000370. The molecule has 1 aromatic carbocycles. The minimum atomic E-state index is -5.08. The molecule has 2 fully saturated rings. The fourth-order valence-electron chi connectivity index (χ4n) is 4.25. The number of aryl methyl sites for hydroxylation is 1. The second kappa shape index (κ2) is 9.13. The number of alkyl halides is 3. The van der Waals surface area contributed by atoms with Gasteiger partial charge in [0.25, 0.3) is 5.91 Å². The van der Waals surface area contributed by atoms with Crippen molar-refractivity contribution in [3.8, 4) is 0 Å². The molecule has 1 spiro atoms. The highest BCUT2D eigenvalue weighted by Gasteiger charge is 2.50. The van der Waals surface area contributed by atoms with Gasteiger partial charge in [0.2, 0.25) is 0 Å². The summed E-state index contributed by atoms with van der Waals surface area (Å²) < 4.78 is 37.2. The van der Waals surface area contributed by atoms with E-state index < -0.39 is 12.1 Å². The Morgan fingerprint density at radius 3 is 2.45 bits per heavy atom. The average molecular weight is 416 g/mol. The van der Waals surface area contributed by atoms with E-state index in [2.05, 4.69) is 11.9 Å². The number of aliphatic carboxylic acids is 1. The molecule has 2 aliphatic rings. The Hall–Kier alpha value is -2.13. The van der Waals surface area contributed by atoms with Crippen molar-refractivity contribution in [1.82, 2.24) is 9.80 Å². The molecule has 3 rings (SSSR count). The summed E-state index contributed by atoms with van der Waals surface area (Å²) in [6.45, 7) is 6.66. The quantitative estimate of drug-likeness (QED) is 0.821. The van der Waals surface area contributed by atoms with Gasteiger partial charge in [-0.05, 0) is 32.0 Å². The summed E-state index contributed by atoms with van der Waals surface area (Å²) in [6, 6.07) is 7.88. The molecule has 1 amide bonds. The van der Waals surface area contributed by atoms with Gasteiger partial charge in [-0.1, -0.05) is 18.2 Å². The number of rotatable bonds is 3. The van der Waals surface area contributed by atoms with Gasteiger partial charge in [-0.3, -0.25) is 4.79 Å². The van der Waals surface area contributed by atoms with Crippen LogP contribution in [0, 0.1) is 18.3 Å². The number of amides is 1. The molecule has 2 saturated heterocycles. The van der Waals surface area contributed by atoms with Gasteiger partial charge in [-0.2, -0.15) is 13.2 Å². The van der Waals surface area contributed by atoms with E-state index >= 15 is 0 Å². The predicted molar refractivity (Wildman–Crippen MR) is 101 cm³/mol. The van der Waals surface area contributed by atoms with Gasteiger partial charge < -0.3 is 19.6 Å². The molecule has 1 N–H and O–H groups in total. The first kappa shape index (κ1) is 23.2. The number of carbonyl (C=O) groups is 2. The normalized spacial score (nSPS) is 24.5. The van der Waals surface area contributed by atoms with Gasteiger partial charge in [-0.25, -0.2) is 4.79 Å². The number of carboxylic acids is 1. The molecule has 0 saturated carbocycles. The van der Waals surface area contributed by atoms with E-state index in [1.54, 1.807) is 7.11 Å². The zero-order valence-corrected chi connectivity index (χ0v) is 16.8. The van der Waals surface area contributed by atoms with E-state index in [1.165, 1.54) is 0 Å². The van der Waals surface area contributed by atoms with Crippen LogP contribution in [0.3, 0.4) is 0 Å². The van der Waals surface area contributed by atoms with Crippen LogP contribution in [0.5, 0.6) is 0 Å². The Morgan fingerprint density at radius 2 is 1.90 bits per heavy atom. The molecule has 1 aromatic rings. The van der Waals surface area contributed by atoms with Crippen LogP contribution < -0.4 is 0 Å². The predicted octanol–water partition coefficient (Wildman–Crippen LogP) is 2.67. The van der Waals surface area contributed by atoms with Crippen LogP contribution in [0.2, 0.25) is 0 Å². The number of likely N-dealkylation sites (tertiary alicyclic amines) is 2. The van der Waals surface area contributed by atoms with Crippen molar-refractivity contribution in [3.05, 3.63) is 35.4 Å². The van der Waals surface area contributed by atoms with Crippen LogP contribution >= 0.6 is 0 Å². The summed E-state index contributed by atoms with van der Waals surface area (Å²) in [4.78, 5) is 26.2. The lowest BCUT2D eigenvalue weighted by Gasteiger charge is -2.30. The molecule has 9 heteroatoms. The first-order valence-electron chi connectivity index (χ1n) is 9.32. The SMILES string of the molecule is COC[C@H]1CN(C)C[C@@]12CCN(C(=O)c1ccccc1C)C2.O=C(O)C(F)(F)F. The highest BCUT2D eigenvalue weighted by molar-refractivity contribution is 5.95. The zero-order chi connectivity index (χ0) is 21.8. The second-order valence-corrected chi connectivity index (χ2v) is 7.81. The van der Waals surface area contributed by atoms with Crippen molar-refractivity contribution in [1.29, 1.82) is 0 Å². The molecule has 2 atom stereocenters. The van der Waals surface area contributed by atoms with Crippen molar-refractivity contribution in [2.24, 2.45) is 11.3 Å². The number of hydrogen-bond acceptors (Lipinski definition) is 4. The van der Waals surface area contributed by atoms with E-state index in [4.69, 9.17) is 14.6 Å². The van der Waals surface area contributed by atoms with Gasteiger partial charge in [0, 0.05) is 50.2 Å². The lowest BCUT2D eigenvalue weighted by Crippen LogP contribution is -2.38. The van der Waals surface area contributed by atoms with Crippen LogP contribution in [-0.2, 0) is 9.53 Å². The standard InChI is InChI=1S/C18H26N2O2.C2HF3O2/c1-14-6-4-5-7-16(14)17(21)20-9-8-18(13-20)12-19(2)10-15(18)11-22-3;3-2(4,5)1(6)7/h4-7,15H,8-13H2,1-3H3;(H,6,7)/t15-,18-;/m1./s1. The largest absolute Gasteiger partial charge is 0.490 e. The highest BCUT2D eigenvalue weighted by Crippen LogP contribution is 2.43. The van der Waals surface area contributed by atoms with Crippen LogP contribution in [0.25, 0.3) is 0 Å². The summed E-state index contributed by atoms with van der Waals surface area (Å²) >= 11 is 0. The minimum absolute atomic E-state index is 0.181. The van der Waals surface area contributed by atoms with E-state index in [0.29, 0.717) is 5.92 Å². The Kier molecular flexibility index (Phi) is 7.29. The number of carbonyl (C=O) groups excluding carboxylic acids is 1. The number of benzene rings is 1. The van der Waals surface area contributed by atoms with Crippen LogP contribution in [-0.4, -0.2) is 79.9 Å². The fourth-order valence-corrected chi connectivity index (χ4v) is 4.25. The molecule has 0 aromatic heterocycles. The molecule has 0 aliphatic carbocycles. The monoisotopic (exact) mass is 416 g/mol. The summed E-state index contributed by atoms with van der Waals surface area (Å²) in [5, 5.41) is 7.12. The van der Waals surface area contributed by atoms with E-state index in [1.807, 2.05) is 36.1 Å². The lowest BCUT2D eigenvalue weighted by atomic mass is 9.77. The van der Waals surface area contributed by atoms with Gasteiger partial charge in [0.05, 0.1) is 6.61 Å². The van der Waals surface area contributed by atoms with Crippen molar-refractivity contribution in [2.45, 2.75) is 19.5 Å². The third-order valence-corrected chi connectivity index (χ3v) is 5.64. The molecule has 29 heavy (non-hydrogen) atoms. The molecule has 0 radical (unpaired) electrons. The third kappa shape index (κ3) is 5.48. The summed E-state index contributed by atoms with van der Waals surface area (Å²) in [5.74, 6) is -2.05. The van der Waals surface area contributed by atoms with Crippen molar-refractivity contribution < 1.29 is 32.6 Å². The van der Waals surface area contributed by atoms with Crippen molar-refractivity contribution in [3.63, 3.8) is 0 Å². The van der Waals surface area contributed by atoms with Crippen molar-refractivity contribution >= 4 is 11.9 Å². The summed E-state index contributed by atoms with van der Waals surface area (Å²) in [6.07, 6.45) is -4.00. The second-order valence-electron chi connectivity index (χ2n) is 7.81. The number of halogens is 3. The first-order valence-corrected chi connectivity index (χ1v) is 9.32. The van der Waals surface area contributed by atoms with Gasteiger partial charge in [0.1, 0.15) is 0 Å². The lowest BCUT2D eigenvalue weighted by molar-refractivity contribution is -0.192. The third-order valence-electron chi connectivity index (χ3n) is 5.64. The molecule has 162 valence electrons. The number of hydrogen-bond donors (Lipinski definition) is 1. The molecular formula is C20H27F3N2O4. The molecule has 0 bridgehead atoms. The fraction of sp³-hybridized carbons (Fsp3) is 0.600. The van der Waals surface area contributed by atoms with E-state index in [9.17, 15) is 18.0 Å².